The molecular formula is C6H13ClN4. The third-order valence-corrected chi connectivity index (χ3v) is 1.31. The molecule has 0 saturated carbocycles. The SMILES string of the molecule is Cl.NCCCCn1ccnn1. The van der Waals surface area contributed by atoms with E-state index in [0.29, 0.717) is 0 Å². The van der Waals surface area contributed by atoms with Gasteiger partial charge in [0, 0.05) is 12.7 Å². The van der Waals surface area contributed by atoms with E-state index in [9.17, 15) is 0 Å². The van der Waals surface area contributed by atoms with Crippen LogP contribution in [0.5, 0.6) is 0 Å². The Morgan fingerprint density at radius 1 is 1.36 bits per heavy atom. The molecule has 0 spiro atoms. The van der Waals surface area contributed by atoms with Gasteiger partial charge in [-0.2, -0.15) is 0 Å². The van der Waals surface area contributed by atoms with Crippen molar-refractivity contribution in [2.75, 3.05) is 6.54 Å². The lowest BCUT2D eigenvalue weighted by Gasteiger charge is -1.96. The van der Waals surface area contributed by atoms with Gasteiger partial charge >= 0.3 is 0 Å². The van der Waals surface area contributed by atoms with Gasteiger partial charge in [-0.3, -0.25) is 4.68 Å². The van der Waals surface area contributed by atoms with Crippen LogP contribution in [-0.4, -0.2) is 21.5 Å². The van der Waals surface area contributed by atoms with Crippen molar-refractivity contribution in [2.45, 2.75) is 19.4 Å². The molecule has 0 fully saturated rings. The first kappa shape index (κ1) is 10.4. The standard InChI is InChI=1S/C6H12N4.ClH/c7-3-1-2-5-10-6-4-8-9-10;/h4,6H,1-3,5,7H2;1H. The molecule has 0 bridgehead atoms. The van der Waals surface area contributed by atoms with Crippen molar-refractivity contribution in [3.63, 3.8) is 0 Å². The second-order valence-corrected chi connectivity index (χ2v) is 2.16. The average molecular weight is 177 g/mol. The number of aryl methyl sites for hydroxylation is 1. The van der Waals surface area contributed by atoms with E-state index >= 15 is 0 Å². The summed E-state index contributed by atoms with van der Waals surface area (Å²) in [7, 11) is 0. The van der Waals surface area contributed by atoms with Gasteiger partial charge in [0.25, 0.3) is 0 Å². The highest BCUT2D eigenvalue weighted by molar-refractivity contribution is 5.85. The lowest BCUT2D eigenvalue weighted by molar-refractivity contribution is 0.544. The summed E-state index contributed by atoms with van der Waals surface area (Å²) in [4.78, 5) is 0. The minimum Gasteiger partial charge on any atom is -0.330 e. The normalized spacial score (nSPS) is 9.18. The molecule has 0 aromatic carbocycles. The van der Waals surface area contributed by atoms with Crippen LogP contribution in [0.1, 0.15) is 12.8 Å². The van der Waals surface area contributed by atoms with Crippen molar-refractivity contribution in [1.82, 2.24) is 15.0 Å². The summed E-state index contributed by atoms with van der Waals surface area (Å²) in [5.41, 5.74) is 5.32. The van der Waals surface area contributed by atoms with E-state index in [0.717, 1.165) is 25.9 Å². The quantitative estimate of drug-likeness (QED) is 0.678. The van der Waals surface area contributed by atoms with Gasteiger partial charge in [-0.1, -0.05) is 5.21 Å². The minimum absolute atomic E-state index is 0. The first-order chi connectivity index (χ1) is 4.93. The van der Waals surface area contributed by atoms with Crippen LogP contribution in [0, 0.1) is 0 Å². The Morgan fingerprint density at radius 2 is 2.18 bits per heavy atom. The number of rotatable bonds is 4. The highest BCUT2D eigenvalue weighted by Crippen LogP contribution is 1.89. The average Bonchev–Trinajstić information content (AvgIpc) is 2.41. The Kier molecular flexibility index (Phi) is 5.78. The fourth-order valence-electron chi connectivity index (χ4n) is 0.770. The van der Waals surface area contributed by atoms with Gasteiger partial charge < -0.3 is 5.73 Å². The maximum atomic E-state index is 5.32. The lowest BCUT2D eigenvalue weighted by Crippen LogP contribution is -2.03. The van der Waals surface area contributed by atoms with E-state index in [2.05, 4.69) is 10.3 Å². The molecule has 1 rings (SSSR count). The molecule has 1 aromatic heterocycles. The van der Waals surface area contributed by atoms with E-state index in [4.69, 9.17) is 5.73 Å². The van der Waals surface area contributed by atoms with Crippen molar-refractivity contribution in [3.8, 4) is 0 Å². The van der Waals surface area contributed by atoms with Gasteiger partial charge in [-0.15, -0.1) is 17.5 Å². The maximum Gasteiger partial charge on any atom is 0.0692 e. The Morgan fingerprint density at radius 3 is 2.73 bits per heavy atom. The molecule has 4 nitrogen and oxygen atoms in total. The Balaban J connectivity index is 0.000001000. The highest BCUT2D eigenvalue weighted by Gasteiger charge is 1.88. The monoisotopic (exact) mass is 176 g/mol. The molecule has 0 atom stereocenters. The van der Waals surface area contributed by atoms with Crippen molar-refractivity contribution < 1.29 is 0 Å². The Labute approximate surface area is 72.2 Å². The predicted octanol–water partition coefficient (Wildman–Crippen LogP) is 0.439. The van der Waals surface area contributed by atoms with Crippen LogP contribution in [0.4, 0.5) is 0 Å². The number of aromatic nitrogens is 3. The molecular weight excluding hydrogens is 164 g/mol. The lowest BCUT2D eigenvalue weighted by atomic mass is 10.3. The smallest absolute Gasteiger partial charge is 0.0692 e. The van der Waals surface area contributed by atoms with Crippen LogP contribution in [0.2, 0.25) is 0 Å². The maximum absolute atomic E-state index is 5.32. The summed E-state index contributed by atoms with van der Waals surface area (Å²) >= 11 is 0. The van der Waals surface area contributed by atoms with Crippen molar-refractivity contribution >= 4 is 12.4 Å². The third kappa shape index (κ3) is 3.95. The van der Waals surface area contributed by atoms with Crippen LogP contribution in [0.25, 0.3) is 0 Å². The van der Waals surface area contributed by atoms with E-state index in [-0.39, 0.29) is 12.4 Å². The van der Waals surface area contributed by atoms with Crippen LogP contribution in [0.3, 0.4) is 0 Å². The molecule has 0 radical (unpaired) electrons. The molecule has 1 heterocycles. The molecule has 2 N–H and O–H groups in total. The van der Waals surface area contributed by atoms with Crippen molar-refractivity contribution in [1.29, 1.82) is 0 Å². The Bertz CT molecular complexity index is 163. The van der Waals surface area contributed by atoms with Gasteiger partial charge in [0.15, 0.2) is 0 Å². The van der Waals surface area contributed by atoms with E-state index < -0.39 is 0 Å². The molecule has 0 unspecified atom stereocenters. The van der Waals surface area contributed by atoms with Crippen LogP contribution in [-0.2, 0) is 6.54 Å². The van der Waals surface area contributed by atoms with Gasteiger partial charge in [0.2, 0.25) is 0 Å². The van der Waals surface area contributed by atoms with Gasteiger partial charge in [-0.05, 0) is 19.4 Å². The summed E-state index contributed by atoms with van der Waals surface area (Å²) in [6.45, 7) is 1.69. The van der Waals surface area contributed by atoms with Gasteiger partial charge in [0.05, 0.1) is 6.20 Å². The van der Waals surface area contributed by atoms with Crippen LogP contribution in [0.15, 0.2) is 12.4 Å². The van der Waals surface area contributed by atoms with Crippen LogP contribution >= 0.6 is 12.4 Å². The molecule has 5 heteroatoms. The minimum atomic E-state index is 0. The summed E-state index contributed by atoms with van der Waals surface area (Å²) < 4.78 is 1.82. The zero-order valence-corrected chi connectivity index (χ0v) is 7.13. The fraction of sp³-hybridized carbons (Fsp3) is 0.667. The molecule has 1 aromatic rings. The first-order valence-corrected chi connectivity index (χ1v) is 3.47. The third-order valence-electron chi connectivity index (χ3n) is 1.31. The molecule has 11 heavy (non-hydrogen) atoms. The number of hydrogen-bond acceptors (Lipinski definition) is 3. The largest absolute Gasteiger partial charge is 0.330 e. The Hall–Kier alpha value is -0.610. The molecule has 64 valence electrons. The summed E-state index contributed by atoms with van der Waals surface area (Å²) in [6.07, 6.45) is 5.68. The highest BCUT2D eigenvalue weighted by atomic mass is 35.5. The van der Waals surface area contributed by atoms with E-state index in [1.807, 2.05) is 10.9 Å². The molecule has 0 saturated heterocycles. The second kappa shape index (κ2) is 6.12. The number of nitrogens with zero attached hydrogens (tertiary/aromatic N) is 3. The predicted molar refractivity (Wildman–Crippen MR) is 45.6 cm³/mol. The van der Waals surface area contributed by atoms with Crippen LogP contribution < -0.4 is 5.73 Å². The fourth-order valence-corrected chi connectivity index (χ4v) is 0.770. The number of hydrogen-bond donors (Lipinski definition) is 1. The van der Waals surface area contributed by atoms with E-state index in [1.54, 1.807) is 6.20 Å². The van der Waals surface area contributed by atoms with E-state index in [1.165, 1.54) is 0 Å². The number of nitrogens with two attached hydrogens (primary N) is 1. The van der Waals surface area contributed by atoms with Crippen molar-refractivity contribution in [3.05, 3.63) is 12.4 Å². The molecule has 0 aliphatic rings. The summed E-state index contributed by atoms with van der Waals surface area (Å²) in [6, 6.07) is 0. The summed E-state index contributed by atoms with van der Waals surface area (Å²) in [5.74, 6) is 0. The van der Waals surface area contributed by atoms with Gasteiger partial charge in [-0.25, -0.2) is 0 Å². The van der Waals surface area contributed by atoms with Gasteiger partial charge in [0.1, 0.15) is 0 Å². The number of halogens is 1. The zero-order valence-electron chi connectivity index (χ0n) is 6.31. The molecule has 0 aliphatic heterocycles. The topological polar surface area (TPSA) is 56.7 Å². The van der Waals surface area contributed by atoms with Crippen molar-refractivity contribution in [2.24, 2.45) is 5.73 Å². The molecule has 0 amide bonds. The second-order valence-electron chi connectivity index (χ2n) is 2.16. The summed E-state index contributed by atoms with van der Waals surface area (Å²) in [5, 5.41) is 7.50. The zero-order chi connectivity index (χ0) is 7.23. The molecule has 0 aliphatic carbocycles. The first-order valence-electron chi connectivity index (χ1n) is 3.47. The number of unbranched alkanes of at least 4 members (excludes halogenated alkanes) is 1.